The van der Waals surface area contributed by atoms with Gasteiger partial charge in [0.2, 0.25) is 5.91 Å². The summed E-state index contributed by atoms with van der Waals surface area (Å²) >= 11 is 6.06. The number of carbonyl (C=O) groups excluding carboxylic acids is 1. The molecule has 1 atom stereocenters. The number of aromatic nitrogens is 1. The van der Waals surface area contributed by atoms with Crippen molar-refractivity contribution in [3.8, 4) is 11.5 Å². The van der Waals surface area contributed by atoms with Crippen molar-refractivity contribution in [3.63, 3.8) is 0 Å². The lowest BCUT2D eigenvalue weighted by Gasteiger charge is -2.35. The van der Waals surface area contributed by atoms with Gasteiger partial charge in [0.25, 0.3) is 0 Å². The molecular formula is C24H25ClF3N3O3. The number of piperazine rings is 1. The Morgan fingerprint density at radius 3 is 2.65 bits per heavy atom. The second-order valence-corrected chi connectivity index (χ2v) is 8.64. The average Bonchev–Trinajstić information content (AvgIpc) is 3.15. The highest BCUT2D eigenvalue weighted by Gasteiger charge is 2.32. The maximum atomic E-state index is 12.8. The molecule has 0 N–H and O–H groups in total. The molecule has 1 amide bonds. The Kier molecular flexibility index (Phi) is 6.93. The van der Waals surface area contributed by atoms with Crippen LogP contribution in [0.2, 0.25) is 5.02 Å². The summed E-state index contributed by atoms with van der Waals surface area (Å²) in [7, 11) is 0. The number of nitrogens with zero attached hydrogens (tertiary/aromatic N) is 3. The van der Waals surface area contributed by atoms with Crippen molar-refractivity contribution in [2.24, 2.45) is 0 Å². The van der Waals surface area contributed by atoms with Crippen molar-refractivity contribution in [3.05, 3.63) is 52.2 Å². The van der Waals surface area contributed by atoms with Gasteiger partial charge in [0, 0.05) is 56.0 Å². The SMILES string of the molecule is CCOc1cc2c(cc1C=CC(=O)N1CCN(c3ncc(C(F)(F)F)cc3Cl)CC1)OC(C)C2. The van der Waals surface area contributed by atoms with E-state index in [1.807, 2.05) is 26.0 Å². The Balaban J connectivity index is 1.40. The summed E-state index contributed by atoms with van der Waals surface area (Å²) in [6, 6.07) is 4.73. The van der Waals surface area contributed by atoms with Crippen molar-refractivity contribution >= 4 is 29.4 Å². The summed E-state index contributed by atoms with van der Waals surface area (Å²) < 4.78 is 50.1. The molecule has 0 saturated carbocycles. The monoisotopic (exact) mass is 495 g/mol. The number of benzene rings is 1. The van der Waals surface area contributed by atoms with Gasteiger partial charge in [0.15, 0.2) is 0 Å². The summed E-state index contributed by atoms with van der Waals surface area (Å²) in [5, 5.41) is -0.0638. The lowest BCUT2D eigenvalue weighted by Crippen LogP contribution is -2.48. The Bertz CT molecular complexity index is 1100. The van der Waals surface area contributed by atoms with Crippen molar-refractivity contribution in [2.75, 3.05) is 37.7 Å². The topological polar surface area (TPSA) is 54.9 Å². The van der Waals surface area contributed by atoms with Crippen LogP contribution in [-0.4, -0.2) is 54.7 Å². The highest BCUT2D eigenvalue weighted by atomic mass is 35.5. The average molecular weight is 496 g/mol. The second kappa shape index (κ2) is 9.74. The Morgan fingerprint density at radius 1 is 1.26 bits per heavy atom. The van der Waals surface area contributed by atoms with Gasteiger partial charge in [-0.3, -0.25) is 4.79 Å². The van der Waals surface area contributed by atoms with Gasteiger partial charge in [-0.1, -0.05) is 11.6 Å². The van der Waals surface area contributed by atoms with E-state index in [0.717, 1.165) is 35.6 Å². The molecule has 0 spiro atoms. The number of amides is 1. The fraction of sp³-hybridized carbons (Fsp3) is 0.417. The molecule has 4 rings (SSSR count). The minimum atomic E-state index is -4.50. The third-order valence-corrected chi connectivity index (χ3v) is 6.05. The van der Waals surface area contributed by atoms with Crippen LogP contribution in [0.5, 0.6) is 11.5 Å². The second-order valence-electron chi connectivity index (χ2n) is 8.24. The first kappa shape index (κ1) is 24.2. The van der Waals surface area contributed by atoms with E-state index in [0.29, 0.717) is 38.5 Å². The summed E-state index contributed by atoms with van der Waals surface area (Å²) in [6.45, 7) is 6.02. The van der Waals surface area contributed by atoms with E-state index in [2.05, 4.69) is 4.98 Å². The zero-order valence-electron chi connectivity index (χ0n) is 18.9. The lowest BCUT2D eigenvalue weighted by atomic mass is 10.1. The van der Waals surface area contributed by atoms with E-state index in [4.69, 9.17) is 21.1 Å². The smallest absolute Gasteiger partial charge is 0.417 e. The standard InChI is InChI=1S/C24H25ClF3N3O3/c1-3-33-20-12-17-10-15(2)34-21(17)11-16(20)4-5-22(32)30-6-8-31(9-7-30)23-19(25)13-18(14-29-23)24(26,27)28/h4-5,11-15H,3,6-10H2,1-2H3. The molecule has 182 valence electrons. The summed E-state index contributed by atoms with van der Waals surface area (Å²) in [5.74, 6) is 1.63. The third-order valence-electron chi connectivity index (χ3n) is 5.77. The highest BCUT2D eigenvalue weighted by Crippen LogP contribution is 2.36. The molecule has 1 fully saturated rings. The molecule has 6 nitrogen and oxygen atoms in total. The Hall–Kier alpha value is -2.94. The van der Waals surface area contributed by atoms with Crippen LogP contribution in [0.15, 0.2) is 30.5 Å². The van der Waals surface area contributed by atoms with Crippen LogP contribution in [0.4, 0.5) is 19.0 Å². The fourth-order valence-corrected chi connectivity index (χ4v) is 4.38. The number of rotatable bonds is 5. The highest BCUT2D eigenvalue weighted by molar-refractivity contribution is 6.33. The summed E-state index contributed by atoms with van der Waals surface area (Å²) in [6.07, 6.45) is 0.424. The van der Waals surface area contributed by atoms with Crippen molar-refractivity contribution in [1.82, 2.24) is 9.88 Å². The van der Waals surface area contributed by atoms with Gasteiger partial charge in [0.05, 0.1) is 17.2 Å². The van der Waals surface area contributed by atoms with Gasteiger partial charge in [-0.2, -0.15) is 13.2 Å². The predicted octanol–water partition coefficient (Wildman–Crippen LogP) is 4.84. The van der Waals surface area contributed by atoms with E-state index in [1.165, 1.54) is 6.08 Å². The number of pyridine rings is 1. The van der Waals surface area contributed by atoms with Gasteiger partial charge in [0.1, 0.15) is 23.4 Å². The van der Waals surface area contributed by atoms with Gasteiger partial charge >= 0.3 is 6.18 Å². The van der Waals surface area contributed by atoms with E-state index < -0.39 is 11.7 Å². The normalized spacial score (nSPS) is 18.2. The molecule has 3 heterocycles. The van der Waals surface area contributed by atoms with E-state index in [-0.39, 0.29) is 22.9 Å². The largest absolute Gasteiger partial charge is 0.493 e. The van der Waals surface area contributed by atoms with Crippen LogP contribution in [0, 0.1) is 0 Å². The molecule has 2 aliphatic heterocycles. The molecule has 34 heavy (non-hydrogen) atoms. The lowest BCUT2D eigenvalue weighted by molar-refractivity contribution is -0.137. The first-order valence-electron chi connectivity index (χ1n) is 11.1. The number of hydrogen-bond donors (Lipinski definition) is 0. The molecule has 10 heteroatoms. The maximum Gasteiger partial charge on any atom is 0.417 e. The number of alkyl halides is 3. The third kappa shape index (κ3) is 5.24. The molecule has 1 unspecified atom stereocenters. The Morgan fingerprint density at radius 2 is 2.00 bits per heavy atom. The van der Waals surface area contributed by atoms with Crippen LogP contribution in [0.25, 0.3) is 6.08 Å². The van der Waals surface area contributed by atoms with Crippen molar-refractivity contribution in [2.45, 2.75) is 32.5 Å². The predicted molar refractivity (Wildman–Crippen MR) is 123 cm³/mol. The van der Waals surface area contributed by atoms with Gasteiger partial charge in [-0.05, 0) is 38.1 Å². The molecule has 2 aliphatic rings. The number of ether oxygens (including phenoxy) is 2. The van der Waals surface area contributed by atoms with Gasteiger partial charge in [-0.15, -0.1) is 0 Å². The quantitative estimate of drug-likeness (QED) is 0.556. The van der Waals surface area contributed by atoms with Crippen molar-refractivity contribution in [1.29, 1.82) is 0 Å². The molecule has 1 saturated heterocycles. The van der Waals surface area contributed by atoms with Gasteiger partial charge in [-0.25, -0.2) is 4.98 Å². The summed E-state index contributed by atoms with van der Waals surface area (Å²) in [4.78, 5) is 20.1. The zero-order valence-corrected chi connectivity index (χ0v) is 19.6. The van der Waals surface area contributed by atoms with Crippen LogP contribution in [0.1, 0.15) is 30.5 Å². The van der Waals surface area contributed by atoms with Crippen LogP contribution in [-0.2, 0) is 17.4 Å². The minimum Gasteiger partial charge on any atom is -0.493 e. The number of carbonyl (C=O) groups is 1. The maximum absolute atomic E-state index is 12.8. The van der Waals surface area contributed by atoms with E-state index >= 15 is 0 Å². The number of hydrogen-bond acceptors (Lipinski definition) is 5. The Labute approximate surface area is 200 Å². The first-order chi connectivity index (χ1) is 16.2. The van der Waals surface area contributed by atoms with Crippen LogP contribution < -0.4 is 14.4 Å². The van der Waals surface area contributed by atoms with Gasteiger partial charge < -0.3 is 19.3 Å². The number of fused-ring (bicyclic) bond motifs is 1. The van der Waals surface area contributed by atoms with E-state index in [1.54, 1.807) is 15.9 Å². The van der Waals surface area contributed by atoms with Crippen molar-refractivity contribution < 1.29 is 27.4 Å². The molecule has 1 aromatic carbocycles. The minimum absolute atomic E-state index is 0.0638. The molecule has 0 bridgehead atoms. The first-order valence-corrected chi connectivity index (χ1v) is 11.4. The molecule has 0 aliphatic carbocycles. The molecular weight excluding hydrogens is 471 g/mol. The fourth-order valence-electron chi connectivity index (χ4n) is 4.09. The zero-order chi connectivity index (χ0) is 24.5. The van der Waals surface area contributed by atoms with E-state index in [9.17, 15) is 18.0 Å². The van der Waals surface area contributed by atoms with Crippen LogP contribution >= 0.6 is 11.6 Å². The number of halogens is 4. The molecule has 1 aromatic heterocycles. The molecule has 0 radical (unpaired) electrons. The van der Waals surface area contributed by atoms with Crippen LogP contribution in [0.3, 0.4) is 0 Å². The molecule has 2 aromatic rings. The summed E-state index contributed by atoms with van der Waals surface area (Å²) in [5.41, 5.74) is 0.964. The number of anilines is 1.